The molecule has 3 heteroatoms. The lowest BCUT2D eigenvalue weighted by atomic mass is 10.1. The van der Waals surface area contributed by atoms with Crippen molar-refractivity contribution in [3.63, 3.8) is 0 Å². The molecule has 3 nitrogen and oxygen atoms in total. The first-order valence-electron chi connectivity index (χ1n) is 7.85. The van der Waals surface area contributed by atoms with E-state index < -0.39 is 0 Å². The Balaban J connectivity index is 1.72. The van der Waals surface area contributed by atoms with E-state index in [4.69, 9.17) is 10.7 Å². The number of nitrogen functional groups attached to an aromatic ring is 1. The maximum atomic E-state index is 6.35. The zero-order valence-corrected chi connectivity index (χ0v) is 12.3. The SMILES string of the molecule is C=CCn1c(C2CC2)nc(-c2ccc(C3CC3)cc2)c1N. The van der Waals surface area contributed by atoms with Crippen LogP contribution in [-0.2, 0) is 6.54 Å². The first kappa shape index (κ1) is 12.7. The summed E-state index contributed by atoms with van der Waals surface area (Å²) in [5, 5.41) is 0. The lowest BCUT2D eigenvalue weighted by Crippen LogP contribution is -2.05. The van der Waals surface area contributed by atoms with Crippen LogP contribution in [0.4, 0.5) is 5.82 Å². The number of nitrogens with zero attached hydrogens (tertiary/aromatic N) is 2. The van der Waals surface area contributed by atoms with Crippen molar-refractivity contribution in [3.05, 3.63) is 48.3 Å². The summed E-state index contributed by atoms with van der Waals surface area (Å²) in [4.78, 5) is 4.84. The smallest absolute Gasteiger partial charge is 0.132 e. The van der Waals surface area contributed by atoms with E-state index in [0.717, 1.165) is 35.4 Å². The molecule has 0 amide bonds. The van der Waals surface area contributed by atoms with Crippen LogP contribution in [0.3, 0.4) is 0 Å². The number of benzene rings is 1. The normalized spacial score (nSPS) is 17.9. The summed E-state index contributed by atoms with van der Waals surface area (Å²) in [6.45, 7) is 4.57. The maximum Gasteiger partial charge on any atom is 0.132 e. The molecule has 0 unspecified atom stereocenters. The van der Waals surface area contributed by atoms with Crippen LogP contribution in [0.15, 0.2) is 36.9 Å². The maximum absolute atomic E-state index is 6.35. The van der Waals surface area contributed by atoms with Gasteiger partial charge in [-0.15, -0.1) is 6.58 Å². The molecule has 0 bridgehead atoms. The zero-order valence-electron chi connectivity index (χ0n) is 12.3. The molecule has 2 aliphatic carbocycles. The number of hydrogen-bond acceptors (Lipinski definition) is 2. The third kappa shape index (κ3) is 2.27. The number of anilines is 1. The van der Waals surface area contributed by atoms with Crippen LogP contribution in [0.25, 0.3) is 11.3 Å². The van der Waals surface area contributed by atoms with Gasteiger partial charge >= 0.3 is 0 Å². The Labute approximate surface area is 125 Å². The summed E-state index contributed by atoms with van der Waals surface area (Å²) in [5.74, 6) is 3.29. The highest BCUT2D eigenvalue weighted by atomic mass is 15.1. The van der Waals surface area contributed by atoms with Gasteiger partial charge in [0.05, 0.1) is 0 Å². The average Bonchev–Trinajstić information content (AvgIpc) is 3.39. The zero-order chi connectivity index (χ0) is 14.4. The van der Waals surface area contributed by atoms with Crippen molar-refractivity contribution < 1.29 is 0 Å². The van der Waals surface area contributed by atoms with Crippen LogP contribution < -0.4 is 5.73 Å². The minimum absolute atomic E-state index is 0.590. The molecule has 21 heavy (non-hydrogen) atoms. The molecular formula is C18H21N3. The van der Waals surface area contributed by atoms with Gasteiger partial charge in [0.15, 0.2) is 0 Å². The van der Waals surface area contributed by atoms with E-state index in [1.165, 1.54) is 31.2 Å². The molecule has 1 heterocycles. The molecule has 0 spiro atoms. The lowest BCUT2D eigenvalue weighted by molar-refractivity contribution is 0.750. The van der Waals surface area contributed by atoms with Crippen molar-refractivity contribution in [1.82, 2.24) is 9.55 Å². The van der Waals surface area contributed by atoms with Gasteiger partial charge in [0.1, 0.15) is 17.3 Å². The predicted molar refractivity (Wildman–Crippen MR) is 86.2 cm³/mol. The quantitative estimate of drug-likeness (QED) is 0.838. The van der Waals surface area contributed by atoms with Gasteiger partial charge in [-0.2, -0.15) is 0 Å². The van der Waals surface area contributed by atoms with Crippen LogP contribution in [0, 0.1) is 0 Å². The van der Waals surface area contributed by atoms with Crippen LogP contribution >= 0.6 is 0 Å². The van der Waals surface area contributed by atoms with Crippen molar-refractivity contribution in [2.24, 2.45) is 0 Å². The van der Waals surface area contributed by atoms with Crippen LogP contribution in [0.5, 0.6) is 0 Å². The van der Waals surface area contributed by atoms with E-state index in [9.17, 15) is 0 Å². The Bertz CT molecular complexity index is 673. The predicted octanol–water partition coefficient (Wildman–Crippen LogP) is 4.07. The Morgan fingerprint density at radius 1 is 1.14 bits per heavy atom. The van der Waals surface area contributed by atoms with Crippen molar-refractivity contribution >= 4 is 5.82 Å². The number of rotatable bonds is 5. The van der Waals surface area contributed by atoms with Crippen molar-refractivity contribution in [1.29, 1.82) is 0 Å². The molecule has 2 aliphatic rings. The molecular weight excluding hydrogens is 258 g/mol. The highest BCUT2D eigenvalue weighted by Crippen LogP contribution is 2.43. The van der Waals surface area contributed by atoms with E-state index in [2.05, 4.69) is 35.4 Å². The Kier molecular flexibility index (Phi) is 2.88. The van der Waals surface area contributed by atoms with Gasteiger partial charge in [-0.05, 0) is 37.2 Å². The highest BCUT2D eigenvalue weighted by molar-refractivity contribution is 5.71. The number of aromatic nitrogens is 2. The van der Waals surface area contributed by atoms with E-state index >= 15 is 0 Å². The lowest BCUT2D eigenvalue weighted by Gasteiger charge is -2.06. The average molecular weight is 279 g/mol. The highest BCUT2D eigenvalue weighted by Gasteiger charge is 2.31. The van der Waals surface area contributed by atoms with Gasteiger partial charge in [-0.25, -0.2) is 4.98 Å². The summed E-state index contributed by atoms with van der Waals surface area (Å²) < 4.78 is 2.12. The van der Waals surface area contributed by atoms with Gasteiger partial charge in [0.25, 0.3) is 0 Å². The second-order valence-corrected chi connectivity index (χ2v) is 6.27. The van der Waals surface area contributed by atoms with Gasteiger partial charge in [-0.3, -0.25) is 0 Å². The van der Waals surface area contributed by atoms with E-state index in [0.29, 0.717) is 5.92 Å². The minimum atomic E-state index is 0.590. The van der Waals surface area contributed by atoms with E-state index in [-0.39, 0.29) is 0 Å². The third-order valence-corrected chi connectivity index (χ3v) is 4.52. The van der Waals surface area contributed by atoms with Crippen LogP contribution in [0.2, 0.25) is 0 Å². The van der Waals surface area contributed by atoms with Crippen LogP contribution in [0.1, 0.15) is 48.9 Å². The Hall–Kier alpha value is -2.03. The monoisotopic (exact) mass is 279 g/mol. The van der Waals surface area contributed by atoms with E-state index in [1.807, 2.05) is 6.08 Å². The van der Waals surface area contributed by atoms with Gasteiger partial charge < -0.3 is 10.3 Å². The fourth-order valence-corrected chi connectivity index (χ4v) is 3.00. The molecule has 2 saturated carbocycles. The molecule has 2 aromatic rings. The summed E-state index contributed by atoms with van der Waals surface area (Å²) in [7, 11) is 0. The summed E-state index contributed by atoms with van der Waals surface area (Å²) in [6.07, 6.45) is 7.02. The molecule has 1 aromatic heterocycles. The molecule has 1 aromatic carbocycles. The van der Waals surface area contributed by atoms with Crippen molar-refractivity contribution in [3.8, 4) is 11.3 Å². The number of nitrogens with two attached hydrogens (primary N) is 1. The molecule has 0 atom stereocenters. The molecule has 108 valence electrons. The fourth-order valence-electron chi connectivity index (χ4n) is 3.00. The van der Waals surface area contributed by atoms with Crippen molar-refractivity contribution in [2.45, 2.75) is 44.1 Å². The second kappa shape index (κ2) is 4.76. The first-order valence-corrected chi connectivity index (χ1v) is 7.85. The minimum Gasteiger partial charge on any atom is -0.383 e. The van der Waals surface area contributed by atoms with Gasteiger partial charge in [0.2, 0.25) is 0 Å². The largest absolute Gasteiger partial charge is 0.383 e. The molecule has 0 radical (unpaired) electrons. The number of allylic oxidation sites excluding steroid dienone is 1. The molecule has 2 N–H and O–H groups in total. The standard InChI is InChI=1S/C18H21N3/c1-2-11-21-17(19)16(20-18(21)15-9-10-15)14-7-5-13(6-8-14)12-3-4-12/h2,5-8,12,15H,1,3-4,9-11,19H2. The topological polar surface area (TPSA) is 43.8 Å². The van der Waals surface area contributed by atoms with Crippen molar-refractivity contribution in [2.75, 3.05) is 5.73 Å². The molecule has 4 rings (SSSR count). The Morgan fingerprint density at radius 3 is 2.38 bits per heavy atom. The van der Waals surface area contributed by atoms with Crippen LogP contribution in [-0.4, -0.2) is 9.55 Å². The second-order valence-electron chi connectivity index (χ2n) is 6.27. The molecule has 0 saturated heterocycles. The third-order valence-electron chi connectivity index (χ3n) is 4.52. The van der Waals surface area contributed by atoms with E-state index in [1.54, 1.807) is 0 Å². The summed E-state index contributed by atoms with van der Waals surface area (Å²) in [6, 6.07) is 8.80. The molecule has 0 aliphatic heterocycles. The summed E-state index contributed by atoms with van der Waals surface area (Å²) in [5.41, 5.74) is 9.86. The summed E-state index contributed by atoms with van der Waals surface area (Å²) >= 11 is 0. The first-order chi connectivity index (χ1) is 10.3. The molecule has 2 fully saturated rings. The van der Waals surface area contributed by atoms with Gasteiger partial charge in [0, 0.05) is 18.0 Å². The van der Waals surface area contributed by atoms with Gasteiger partial charge in [-0.1, -0.05) is 30.3 Å². The number of hydrogen-bond donors (Lipinski definition) is 1. The Morgan fingerprint density at radius 2 is 1.81 bits per heavy atom. The fraction of sp³-hybridized carbons (Fsp3) is 0.389. The number of imidazole rings is 1.